The maximum absolute atomic E-state index is 5.26. The first-order valence-electron chi connectivity index (χ1n) is 8.44. The Bertz CT molecular complexity index is 545. The maximum atomic E-state index is 5.26. The summed E-state index contributed by atoms with van der Waals surface area (Å²) >= 11 is 0. The molecule has 0 aromatic carbocycles. The third-order valence-corrected chi connectivity index (χ3v) is 5.20. The van der Waals surface area contributed by atoms with Gasteiger partial charge in [0.2, 0.25) is 0 Å². The lowest BCUT2D eigenvalue weighted by Crippen LogP contribution is -2.46. The van der Waals surface area contributed by atoms with Gasteiger partial charge in [-0.2, -0.15) is 5.10 Å². The van der Waals surface area contributed by atoms with Crippen molar-refractivity contribution in [2.45, 2.75) is 46.1 Å². The molecule has 6 heteroatoms. The van der Waals surface area contributed by atoms with Crippen molar-refractivity contribution >= 4 is 5.96 Å². The van der Waals surface area contributed by atoms with Gasteiger partial charge in [-0.05, 0) is 38.5 Å². The van der Waals surface area contributed by atoms with E-state index >= 15 is 0 Å². The van der Waals surface area contributed by atoms with Crippen LogP contribution in [0, 0.1) is 19.3 Å². The van der Waals surface area contributed by atoms with Crippen molar-refractivity contribution in [2.24, 2.45) is 17.5 Å². The highest BCUT2D eigenvalue weighted by Crippen LogP contribution is 2.43. The van der Waals surface area contributed by atoms with Crippen molar-refractivity contribution < 1.29 is 4.74 Å². The Morgan fingerprint density at radius 3 is 2.57 bits per heavy atom. The third-order valence-electron chi connectivity index (χ3n) is 5.20. The van der Waals surface area contributed by atoms with E-state index < -0.39 is 0 Å². The molecule has 0 aliphatic heterocycles. The second kappa shape index (κ2) is 7.81. The normalized spacial score (nSPS) is 17.0. The average Bonchev–Trinajstić information content (AvgIpc) is 2.74. The lowest BCUT2D eigenvalue weighted by molar-refractivity contribution is 0.0732. The van der Waals surface area contributed by atoms with Crippen molar-refractivity contribution in [3.8, 4) is 0 Å². The topological polar surface area (TPSA) is 63.5 Å². The number of hydrogen-bond acceptors (Lipinski definition) is 3. The quantitative estimate of drug-likeness (QED) is 0.595. The van der Waals surface area contributed by atoms with E-state index in [1.54, 1.807) is 7.11 Å². The lowest BCUT2D eigenvalue weighted by Gasteiger charge is -2.42. The largest absolute Gasteiger partial charge is 0.385 e. The summed E-state index contributed by atoms with van der Waals surface area (Å²) in [6.07, 6.45) is 5.00. The number of methoxy groups -OCH3 is 1. The van der Waals surface area contributed by atoms with Gasteiger partial charge in [0.25, 0.3) is 0 Å². The first-order chi connectivity index (χ1) is 11.0. The van der Waals surface area contributed by atoms with Crippen molar-refractivity contribution in [2.75, 3.05) is 27.3 Å². The van der Waals surface area contributed by atoms with E-state index in [1.807, 2.05) is 25.7 Å². The summed E-state index contributed by atoms with van der Waals surface area (Å²) in [7, 11) is 5.58. The molecule has 6 nitrogen and oxygen atoms in total. The molecule has 0 atom stereocenters. The van der Waals surface area contributed by atoms with Crippen LogP contribution in [0.25, 0.3) is 0 Å². The first kappa shape index (κ1) is 17.8. The molecule has 130 valence electrons. The van der Waals surface area contributed by atoms with E-state index in [1.165, 1.54) is 30.5 Å². The van der Waals surface area contributed by atoms with Crippen LogP contribution in [0.15, 0.2) is 4.99 Å². The van der Waals surface area contributed by atoms with Crippen molar-refractivity contribution in [3.63, 3.8) is 0 Å². The van der Waals surface area contributed by atoms with Gasteiger partial charge in [0, 0.05) is 52.2 Å². The highest BCUT2D eigenvalue weighted by Gasteiger charge is 2.36. The summed E-state index contributed by atoms with van der Waals surface area (Å²) in [5.41, 5.74) is 3.89. The molecule has 1 fully saturated rings. The van der Waals surface area contributed by atoms with E-state index in [0.29, 0.717) is 5.41 Å². The molecule has 1 saturated carbocycles. The molecule has 0 amide bonds. The summed E-state index contributed by atoms with van der Waals surface area (Å²) in [5.74, 6) is 0.858. The second-order valence-electron chi connectivity index (χ2n) is 6.65. The van der Waals surface area contributed by atoms with Gasteiger partial charge in [-0.3, -0.25) is 9.67 Å². The highest BCUT2D eigenvalue weighted by molar-refractivity contribution is 5.79. The van der Waals surface area contributed by atoms with E-state index in [9.17, 15) is 0 Å². The number of rotatable bonds is 7. The Morgan fingerprint density at radius 2 is 2.09 bits per heavy atom. The van der Waals surface area contributed by atoms with Gasteiger partial charge in [0.05, 0.1) is 5.69 Å². The van der Waals surface area contributed by atoms with Crippen LogP contribution < -0.4 is 10.6 Å². The maximum Gasteiger partial charge on any atom is 0.191 e. The summed E-state index contributed by atoms with van der Waals surface area (Å²) < 4.78 is 7.18. The molecule has 1 aliphatic carbocycles. The summed E-state index contributed by atoms with van der Waals surface area (Å²) in [5, 5.41) is 11.4. The molecule has 2 rings (SSSR count). The van der Waals surface area contributed by atoms with Crippen LogP contribution in [0.4, 0.5) is 0 Å². The second-order valence-corrected chi connectivity index (χ2v) is 6.65. The standard InChI is InChI=1S/C17H31N5O/c1-13-15(14(2)22(4)21-13)11-19-16(18-3)20-12-17(7-6-8-17)9-10-23-5/h6-12H2,1-5H3,(H2,18,19,20). The zero-order chi connectivity index (χ0) is 16.9. The number of guanidine groups is 1. The smallest absolute Gasteiger partial charge is 0.191 e. The zero-order valence-electron chi connectivity index (χ0n) is 15.2. The van der Waals surface area contributed by atoms with Crippen LogP contribution >= 0.6 is 0 Å². The zero-order valence-corrected chi connectivity index (χ0v) is 15.2. The molecular formula is C17H31N5O. The van der Waals surface area contributed by atoms with E-state index in [4.69, 9.17) is 4.74 Å². The molecule has 0 bridgehead atoms. The van der Waals surface area contributed by atoms with Crippen LogP contribution in [0.1, 0.15) is 42.6 Å². The molecule has 0 spiro atoms. The Balaban J connectivity index is 1.86. The molecule has 1 heterocycles. The number of aryl methyl sites for hydroxylation is 2. The van der Waals surface area contributed by atoms with Crippen molar-refractivity contribution in [1.29, 1.82) is 0 Å². The predicted molar refractivity (Wildman–Crippen MR) is 93.7 cm³/mol. The van der Waals surface area contributed by atoms with Crippen molar-refractivity contribution in [1.82, 2.24) is 20.4 Å². The van der Waals surface area contributed by atoms with E-state index in [0.717, 1.165) is 37.8 Å². The minimum absolute atomic E-state index is 0.383. The average molecular weight is 321 g/mol. The fourth-order valence-electron chi connectivity index (χ4n) is 3.25. The van der Waals surface area contributed by atoms with Gasteiger partial charge in [-0.1, -0.05) is 6.42 Å². The Morgan fingerprint density at radius 1 is 1.35 bits per heavy atom. The van der Waals surface area contributed by atoms with Crippen LogP contribution in [0.5, 0.6) is 0 Å². The monoisotopic (exact) mass is 321 g/mol. The van der Waals surface area contributed by atoms with E-state index in [2.05, 4.69) is 27.6 Å². The summed E-state index contributed by atoms with van der Waals surface area (Å²) in [4.78, 5) is 4.35. The van der Waals surface area contributed by atoms with E-state index in [-0.39, 0.29) is 0 Å². The lowest BCUT2D eigenvalue weighted by atomic mass is 9.67. The number of nitrogens with one attached hydrogen (secondary N) is 2. The molecule has 0 saturated heterocycles. The Hall–Kier alpha value is -1.56. The number of ether oxygens (including phenoxy) is 1. The minimum Gasteiger partial charge on any atom is -0.385 e. The van der Waals surface area contributed by atoms with Crippen LogP contribution in [0.3, 0.4) is 0 Å². The van der Waals surface area contributed by atoms with Gasteiger partial charge < -0.3 is 15.4 Å². The molecule has 0 radical (unpaired) electrons. The molecule has 1 aromatic rings. The minimum atomic E-state index is 0.383. The fourth-order valence-corrected chi connectivity index (χ4v) is 3.25. The number of aromatic nitrogens is 2. The van der Waals surface area contributed by atoms with Crippen LogP contribution in [-0.4, -0.2) is 43.0 Å². The molecular weight excluding hydrogens is 290 g/mol. The SMILES string of the molecule is CN=C(NCc1c(C)nn(C)c1C)NCC1(CCOC)CCC1. The number of hydrogen-bond donors (Lipinski definition) is 2. The van der Waals surface area contributed by atoms with Gasteiger partial charge in [-0.25, -0.2) is 0 Å². The van der Waals surface area contributed by atoms with Gasteiger partial charge in [-0.15, -0.1) is 0 Å². The Kier molecular flexibility index (Phi) is 6.04. The van der Waals surface area contributed by atoms with Crippen molar-refractivity contribution in [3.05, 3.63) is 17.0 Å². The highest BCUT2D eigenvalue weighted by atomic mass is 16.5. The molecule has 1 aliphatic rings. The van der Waals surface area contributed by atoms with Crippen LogP contribution in [0.2, 0.25) is 0 Å². The third kappa shape index (κ3) is 4.25. The molecule has 2 N–H and O–H groups in total. The number of nitrogens with zero attached hydrogens (tertiary/aromatic N) is 3. The molecule has 23 heavy (non-hydrogen) atoms. The fraction of sp³-hybridized carbons (Fsp3) is 0.765. The number of aliphatic imine (C=N–C) groups is 1. The molecule has 1 aromatic heterocycles. The summed E-state index contributed by atoms with van der Waals surface area (Å²) in [6.45, 7) is 6.69. The predicted octanol–water partition coefficient (Wildman–Crippen LogP) is 1.91. The van der Waals surface area contributed by atoms with Gasteiger partial charge >= 0.3 is 0 Å². The van der Waals surface area contributed by atoms with Crippen LogP contribution in [-0.2, 0) is 18.3 Å². The first-order valence-corrected chi connectivity index (χ1v) is 8.44. The summed E-state index contributed by atoms with van der Waals surface area (Å²) in [6, 6.07) is 0. The van der Waals surface area contributed by atoms with Gasteiger partial charge in [0.15, 0.2) is 5.96 Å². The molecule has 0 unspecified atom stereocenters. The van der Waals surface area contributed by atoms with Gasteiger partial charge in [0.1, 0.15) is 0 Å². The Labute approximate surface area is 139 Å².